The van der Waals surface area contributed by atoms with Gasteiger partial charge >= 0.3 is 6.09 Å². The lowest BCUT2D eigenvalue weighted by molar-refractivity contribution is 0.107. The van der Waals surface area contributed by atoms with Crippen LogP contribution in [-0.4, -0.2) is 29.3 Å². The lowest BCUT2D eigenvalue weighted by Crippen LogP contribution is -2.49. The van der Waals surface area contributed by atoms with E-state index >= 15 is 0 Å². The van der Waals surface area contributed by atoms with Gasteiger partial charge < -0.3 is 5.11 Å². The Kier molecular flexibility index (Phi) is 3.83. The summed E-state index contributed by atoms with van der Waals surface area (Å²) in [6, 6.07) is 0. The fourth-order valence-corrected chi connectivity index (χ4v) is 1.19. The van der Waals surface area contributed by atoms with E-state index in [4.69, 9.17) is 5.11 Å². The zero-order chi connectivity index (χ0) is 8.81. The highest BCUT2D eigenvalue weighted by Gasteiger charge is 2.10. The van der Waals surface area contributed by atoms with Crippen molar-refractivity contribution in [3.8, 4) is 0 Å². The third-order valence-corrected chi connectivity index (χ3v) is 1.88. The predicted octanol–water partition coefficient (Wildman–Crippen LogP) is 0.550. The average molecular weight is 173 g/mol. The van der Waals surface area contributed by atoms with Gasteiger partial charge in [-0.1, -0.05) is 12.8 Å². The number of rotatable bonds is 0. The van der Waals surface area contributed by atoms with Gasteiger partial charge in [-0.15, -0.1) is 0 Å². The third-order valence-electron chi connectivity index (χ3n) is 1.88. The van der Waals surface area contributed by atoms with Crippen LogP contribution in [0.1, 0.15) is 25.7 Å². The first-order valence-electron chi connectivity index (χ1n) is 4.29. The maximum Gasteiger partial charge on any atom is 0.422 e. The largest absolute Gasteiger partial charge is 0.464 e. The van der Waals surface area contributed by atoms with Crippen LogP contribution in [0.3, 0.4) is 0 Å². The molecule has 12 heavy (non-hydrogen) atoms. The zero-order valence-electron chi connectivity index (χ0n) is 7.05. The van der Waals surface area contributed by atoms with Crippen molar-refractivity contribution in [2.45, 2.75) is 25.7 Å². The highest BCUT2D eigenvalue weighted by Crippen LogP contribution is 2.01. The molecule has 1 aliphatic heterocycles. The van der Waals surface area contributed by atoms with Gasteiger partial charge in [-0.05, 0) is 12.8 Å². The molecule has 0 radical (unpaired) electrons. The molecule has 1 heterocycles. The smallest absolute Gasteiger partial charge is 0.422 e. The SMILES string of the molecule is O=C(O)N1CCCCCCNN1. The van der Waals surface area contributed by atoms with Crippen LogP contribution in [0.2, 0.25) is 0 Å². The Morgan fingerprint density at radius 3 is 2.75 bits per heavy atom. The first-order chi connectivity index (χ1) is 5.80. The van der Waals surface area contributed by atoms with E-state index in [-0.39, 0.29) is 0 Å². The van der Waals surface area contributed by atoms with Crippen LogP contribution in [0, 0.1) is 0 Å². The summed E-state index contributed by atoms with van der Waals surface area (Å²) in [6.07, 6.45) is 3.38. The minimum Gasteiger partial charge on any atom is -0.464 e. The number of hydrogen-bond acceptors (Lipinski definition) is 3. The molecule has 1 saturated heterocycles. The molecular formula is C7H15N3O2. The van der Waals surface area contributed by atoms with E-state index in [1.165, 1.54) is 11.4 Å². The van der Waals surface area contributed by atoms with E-state index in [0.29, 0.717) is 6.54 Å². The number of amides is 1. The molecule has 0 spiro atoms. The second-order valence-electron chi connectivity index (χ2n) is 2.89. The van der Waals surface area contributed by atoms with Crippen LogP contribution in [-0.2, 0) is 0 Å². The molecule has 0 unspecified atom stereocenters. The van der Waals surface area contributed by atoms with Crippen LogP contribution in [0.15, 0.2) is 0 Å². The van der Waals surface area contributed by atoms with E-state index in [9.17, 15) is 4.79 Å². The Bertz CT molecular complexity index is 142. The molecule has 1 amide bonds. The Labute approximate surface area is 71.7 Å². The predicted molar refractivity (Wildman–Crippen MR) is 44.3 cm³/mol. The fraction of sp³-hybridized carbons (Fsp3) is 0.857. The van der Waals surface area contributed by atoms with Crippen molar-refractivity contribution in [3.05, 3.63) is 0 Å². The Morgan fingerprint density at radius 2 is 2.00 bits per heavy atom. The zero-order valence-corrected chi connectivity index (χ0v) is 7.05. The van der Waals surface area contributed by atoms with E-state index in [1.54, 1.807) is 0 Å². The van der Waals surface area contributed by atoms with Gasteiger partial charge in [-0.2, -0.15) is 5.53 Å². The highest BCUT2D eigenvalue weighted by molar-refractivity contribution is 5.64. The number of nitrogens with one attached hydrogen (secondary N) is 2. The lowest BCUT2D eigenvalue weighted by Gasteiger charge is -2.18. The van der Waals surface area contributed by atoms with Gasteiger partial charge in [0.15, 0.2) is 0 Å². The van der Waals surface area contributed by atoms with Crippen molar-refractivity contribution >= 4 is 6.09 Å². The van der Waals surface area contributed by atoms with E-state index in [1.807, 2.05) is 0 Å². The summed E-state index contributed by atoms with van der Waals surface area (Å²) in [4.78, 5) is 10.6. The molecule has 0 aromatic rings. The van der Waals surface area contributed by atoms with Gasteiger partial charge in [0.25, 0.3) is 0 Å². The molecule has 1 aliphatic rings. The quantitative estimate of drug-likeness (QED) is 0.500. The standard InChI is InChI=1S/C7H15N3O2/c11-7(12)10-6-4-2-1-3-5-8-9-10/h8-9H,1-6H2,(H,11,12). The molecule has 1 fully saturated rings. The van der Waals surface area contributed by atoms with Gasteiger partial charge in [0.2, 0.25) is 0 Å². The molecule has 5 heteroatoms. The van der Waals surface area contributed by atoms with Crippen molar-refractivity contribution in [2.24, 2.45) is 0 Å². The van der Waals surface area contributed by atoms with Crippen molar-refractivity contribution in [1.82, 2.24) is 16.0 Å². The monoisotopic (exact) mass is 173 g/mol. The molecular weight excluding hydrogens is 158 g/mol. The van der Waals surface area contributed by atoms with E-state index < -0.39 is 6.09 Å². The van der Waals surface area contributed by atoms with Crippen molar-refractivity contribution in [1.29, 1.82) is 0 Å². The van der Waals surface area contributed by atoms with Crippen molar-refractivity contribution in [3.63, 3.8) is 0 Å². The van der Waals surface area contributed by atoms with Gasteiger partial charge in [0, 0.05) is 13.1 Å². The van der Waals surface area contributed by atoms with E-state index in [2.05, 4.69) is 11.0 Å². The number of carbonyl (C=O) groups is 1. The fourth-order valence-electron chi connectivity index (χ4n) is 1.19. The maximum atomic E-state index is 10.6. The maximum absolute atomic E-state index is 10.6. The van der Waals surface area contributed by atoms with Gasteiger partial charge in [-0.3, -0.25) is 0 Å². The molecule has 70 valence electrons. The number of hydrogen-bond donors (Lipinski definition) is 3. The summed E-state index contributed by atoms with van der Waals surface area (Å²) in [5.74, 6) is 0. The van der Waals surface area contributed by atoms with Crippen molar-refractivity contribution < 1.29 is 9.90 Å². The Hall–Kier alpha value is -0.810. The number of nitrogens with zero attached hydrogens (tertiary/aromatic N) is 1. The molecule has 1 rings (SSSR count). The van der Waals surface area contributed by atoms with Crippen LogP contribution >= 0.6 is 0 Å². The Morgan fingerprint density at radius 1 is 1.25 bits per heavy atom. The summed E-state index contributed by atoms with van der Waals surface area (Å²) in [5, 5.41) is 9.86. The molecule has 0 atom stereocenters. The second kappa shape index (κ2) is 4.95. The van der Waals surface area contributed by atoms with Gasteiger partial charge in [0.1, 0.15) is 0 Å². The summed E-state index contributed by atoms with van der Waals surface area (Å²) in [7, 11) is 0. The van der Waals surface area contributed by atoms with Crippen LogP contribution in [0.25, 0.3) is 0 Å². The van der Waals surface area contributed by atoms with Gasteiger partial charge in [-0.25, -0.2) is 15.2 Å². The van der Waals surface area contributed by atoms with E-state index in [0.717, 1.165) is 25.8 Å². The first-order valence-corrected chi connectivity index (χ1v) is 4.29. The van der Waals surface area contributed by atoms with Crippen LogP contribution < -0.4 is 11.0 Å². The molecule has 0 bridgehead atoms. The summed E-state index contributed by atoms with van der Waals surface area (Å²) in [5.41, 5.74) is 5.50. The third kappa shape index (κ3) is 3.06. The summed E-state index contributed by atoms with van der Waals surface area (Å²) in [6.45, 7) is 1.38. The molecule has 5 nitrogen and oxygen atoms in total. The molecule has 3 N–H and O–H groups in total. The minimum absolute atomic E-state index is 0.558. The van der Waals surface area contributed by atoms with Crippen LogP contribution in [0.4, 0.5) is 4.79 Å². The van der Waals surface area contributed by atoms with Crippen LogP contribution in [0.5, 0.6) is 0 Å². The summed E-state index contributed by atoms with van der Waals surface area (Å²) >= 11 is 0. The molecule has 0 aromatic heterocycles. The molecule has 0 aromatic carbocycles. The first kappa shape index (κ1) is 9.28. The van der Waals surface area contributed by atoms with Crippen molar-refractivity contribution in [2.75, 3.05) is 13.1 Å². The highest BCUT2D eigenvalue weighted by atomic mass is 16.4. The Balaban J connectivity index is 2.33. The topological polar surface area (TPSA) is 64.6 Å². The second-order valence-corrected chi connectivity index (χ2v) is 2.89. The molecule has 0 saturated carbocycles. The number of carboxylic acid groups (broad SMARTS) is 1. The number of hydrazine groups is 2. The lowest BCUT2D eigenvalue weighted by atomic mass is 10.2. The average Bonchev–Trinajstić information content (AvgIpc) is 2.15. The normalized spacial score (nSPS) is 20.8. The summed E-state index contributed by atoms with van der Waals surface area (Å²) < 4.78 is 0. The minimum atomic E-state index is -0.926. The molecule has 0 aliphatic carbocycles. The van der Waals surface area contributed by atoms with Gasteiger partial charge in [0.05, 0.1) is 0 Å².